The smallest absolute Gasteiger partial charge is 0.129 e. The van der Waals surface area contributed by atoms with E-state index in [-0.39, 0.29) is 6.04 Å². The molecule has 2 N–H and O–H groups in total. The molecule has 1 atom stereocenters. The molecule has 0 radical (unpaired) electrons. The molecular weight excluding hydrogens is 372 g/mol. The topological polar surface area (TPSA) is 48.1 Å². The van der Waals surface area contributed by atoms with Gasteiger partial charge in [0.15, 0.2) is 0 Å². The van der Waals surface area contributed by atoms with Gasteiger partial charge in [-0.15, -0.1) is 11.3 Å². The summed E-state index contributed by atoms with van der Waals surface area (Å²) in [7, 11) is 0. The molecule has 2 aromatic carbocycles. The van der Waals surface area contributed by atoms with Gasteiger partial charge < -0.3 is 10.5 Å². The highest BCUT2D eigenvalue weighted by Crippen LogP contribution is 2.34. The molecule has 1 unspecified atom stereocenters. The zero-order valence-electron chi connectivity index (χ0n) is 12.7. The number of hydrogen-bond acceptors (Lipinski definition) is 4. The van der Waals surface area contributed by atoms with Gasteiger partial charge in [-0.2, -0.15) is 0 Å². The summed E-state index contributed by atoms with van der Waals surface area (Å²) in [5.41, 5.74) is 8.92. The molecule has 118 valence electrons. The summed E-state index contributed by atoms with van der Waals surface area (Å²) >= 11 is 5.10. The number of rotatable bonds is 5. The molecule has 3 nitrogen and oxygen atoms in total. The Morgan fingerprint density at radius 1 is 1.22 bits per heavy atom. The molecule has 0 saturated heterocycles. The quantitative estimate of drug-likeness (QED) is 0.655. The summed E-state index contributed by atoms with van der Waals surface area (Å²) in [4.78, 5) is 4.63. The van der Waals surface area contributed by atoms with Gasteiger partial charge in [0.2, 0.25) is 0 Å². The predicted molar refractivity (Wildman–Crippen MR) is 98.6 cm³/mol. The van der Waals surface area contributed by atoms with Crippen molar-refractivity contribution in [3.05, 3.63) is 69.0 Å². The number of ether oxygens (including phenoxy) is 1. The third-order valence-electron chi connectivity index (χ3n) is 3.37. The molecule has 3 rings (SSSR count). The van der Waals surface area contributed by atoms with Gasteiger partial charge in [-0.3, -0.25) is 0 Å². The lowest BCUT2D eigenvalue weighted by atomic mass is 10.1. The van der Waals surface area contributed by atoms with Gasteiger partial charge in [0.05, 0.1) is 11.7 Å². The standard InChI is InChI=1S/C18H17BrN2OS/c1-12(20)18-21-16(11-23-18)15-9-14(19)7-8-17(15)22-10-13-5-3-2-4-6-13/h2-9,11-12H,10,20H2,1H3. The first-order valence-corrected chi connectivity index (χ1v) is 8.98. The summed E-state index contributed by atoms with van der Waals surface area (Å²) < 4.78 is 7.01. The Bertz CT molecular complexity index is 787. The fourth-order valence-electron chi connectivity index (χ4n) is 2.18. The van der Waals surface area contributed by atoms with Crippen molar-refractivity contribution in [2.75, 3.05) is 0 Å². The molecule has 3 aromatic rings. The van der Waals surface area contributed by atoms with Gasteiger partial charge >= 0.3 is 0 Å². The lowest BCUT2D eigenvalue weighted by Crippen LogP contribution is -2.04. The van der Waals surface area contributed by atoms with E-state index in [4.69, 9.17) is 10.5 Å². The van der Waals surface area contributed by atoms with Crippen molar-refractivity contribution < 1.29 is 4.74 Å². The minimum absolute atomic E-state index is 0.0606. The number of nitrogens with zero attached hydrogens (tertiary/aromatic N) is 1. The van der Waals surface area contributed by atoms with E-state index in [9.17, 15) is 0 Å². The van der Waals surface area contributed by atoms with Crippen LogP contribution in [-0.4, -0.2) is 4.98 Å². The molecule has 5 heteroatoms. The van der Waals surface area contributed by atoms with Crippen LogP contribution < -0.4 is 10.5 Å². The van der Waals surface area contributed by atoms with Crippen molar-refractivity contribution in [1.29, 1.82) is 0 Å². The first-order chi connectivity index (χ1) is 11.1. The molecule has 1 heterocycles. The second-order valence-corrected chi connectivity index (χ2v) is 7.08. The van der Waals surface area contributed by atoms with Crippen LogP contribution in [0.2, 0.25) is 0 Å². The van der Waals surface area contributed by atoms with Crippen molar-refractivity contribution in [3.63, 3.8) is 0 Å². The molecule has 0 aliphatic rings. The van der Waals surface area contributed by atoms with Gasteiger partial charge in [-0.05, 0) is 30.7 Å². The van der Waals surface area contributed by atoms with Crippen LogP contribution in [0.3, 0.4) is 0 Å². The van der Waals surface area contributed by atoms with E-state index < -0.39 is 0 Å². The highest BCUT2D eigenvalue weighted by Gasteiger charge is 2.13. The summed E-state index contributed by atoms with van der Waals surface area (Å²) in [6.45, 7) is 2.47. The molecule has 0 aliphatic carbocycles. The van der Waals surface area contributed by atoms with Gasteiger partial charge in [0.25, 0.3) is 0 Å². The Morgan fingerprint density at radius 3 is 2.70 bits per heavy atom. The van der Waals surface area contributed by atoms with Crippen LogP contribution in [0.5, 0.6) is 5.75 Å². The summed E-state index contributed by atoms with van der Waals surface area (Å²) in [5.74, 6) is 0.818. The normalized spacial score (nSPS) is 12.1. The van der Waals surface area contributed by atoms with E-state index in [0.29, 0.717) is 6.61 Å². The molecule has 0 aliphatic heterocycles. The van der Waals surface area contributed by atoms with Crippen LogP contribution >= 0.6 is 27.3 Å². The number of thiazole rings is 1. The van der Waals surface area contributed by atoms with E-state index in [1.54, 1.807) is 11.3 Å². The van der Waals surface area contributed by atoms with E-state index >= 15 is 0 Å². The minimum Gasteiger partial charge on any atom is -0.488 e. The lowest BCUT2D eigenvalue weighted by Gasteiger charge is -2.11. The van der Waals surface area contributed by atoms with Crippen LogP contribution in [0, 0.1) is 0 Å². The average Bonchev–Trinajstić information content (AvgIpc) is 3.05. The Kier molecular flexibility index (Phi) is 5.10. The largest absolute Gasteiger partial charge is 0.488 e. The van der Waals surface area contributed by atoms with Crippen molar-refractivity contribution in [3.8, 4) is 17.0 Å². The number of nitrogens with two attached hydrogens (primary N) is 1. The number of hydrogen-bond donors (Lipinski definition) is 1. The maximum atomic E-state index is 6.01. The van der Waals surface area contributed by atoms with Crippen molar-refractivity contribution in [1.82, 2.24) is 4.98 Å². The fraction of sp³-hybridized carbons (Fsp3) is 0.167. The fourth-order valence-corrected chi connectivity index (χ4v) is 3.32. The Hall–Kier alpha value is -1.69. The second kappa shape index (κ2) is 7.25. The van der Waals surface area contributed by atoms with Crippen LogP contribution in [0.1, 0.15) is 23.5 Å². The van der Waals surface area contributed by atoms with Crippen LogP contribution in [0.15, 0.2) is 58.4 Å². The minimum atomic E-state index is -0.0606. The zero-order valence-corrected chi connectivity index (χ0v) is 15.1. The molecule has 0 amide bonds. The van der Waals surface area contributed by atoms with Crippen molar-refractivity contribution in [2.45, 2.75) is 19.6 Å². The molecule has 0 bridgehead atoms. The van der Waals surface area contributed by atoms with Crippen molar-refractivity contribution in [2.24, 2.45) is 5.73 Å². The number of halogens is 1. The highest BCUT2D eigenvalue weighted by molar-refractivity contribution is 9.10. The maximum absolute atomic E-state index is 6.01. The first kappa shape index (κ1) is 16.2. The third-order valence-corrected chi connectivity index (χ3v) is 4.91. The molecule has 0 spiro atoms. The van der Waals surface area contributed by atoms with Gasteiger partial charge in [0.1, 0.15) is 17.4 Å². The van der Waals surface area contributed by atoms with Crippen molar-refractivity contribution >= 4 is 27.3 Å². The van der Waals surface area contributed by atoms with E-state index in [1.165, 1.54) is 0 Å². The molecule has 1 aromatic heterocycles. The third kappa shape index (κ3) is 3.99. The van der Waals surface area contributed by atoms with Crippen LogP contribution in [-0.2, 0) is 6.61 Å². The first-order valence-electron chi connectivity index (χ1n) is 7.31. The Labute approximate surface area is 148 Å². The van der Waals surface area contributed by atoms with Gasteiger partial charge in [-0.25, -0.2) is 4.98 Å². The summed E-state index contributed by atoms with van der Waals surface area (Å²) in [6, 6.07) is 16.0. The number of benzene rings is 2. The molecule has 0 saturated carbocycles. The zero-order chi connectivity index (χ0) is 16.2. The molecule has 23 heavy (non-hydrogen) atoms. The van der Waals surface area contributed by atoms with Crippen LogP contribution in [0.25, 0.3) is 11.3 Å². The summed E-state index contributed by atoms with van der Waals surface area (Å²) in [6.07, 6.45) is 0. The monoisotopic (exact) mass is 388 g/mol. The number of aromatic nitrogens is 1. The Morgan fingerprint density at radius 2 is 2.00 bits per heavy atom. The molecular formula is C18H17BrN2OS. The second-order valence-electron chi connectivity index (χ2n) is 5.27. The van der Waals surface area contributed by atoms with E-state index in [0.717, 1.165) is 32.1 Å². The highest BCUT2D eigenvalue weighted by atomic mass is 79.9. The Balaban J connectivity index is 1.88. The van der Waals surface area contributed by atoms with Gasteiger partial charge in [-0.1, -0.05) is 46.3 Å². The maximum Gasteiger partial charge on any atom is 0.129 e. The SMILES string of the molecule is CC(N)c1nc(-c2cc(Br)ccc2OCc2ccccc2)cs1. The molecule has 0 fully saturated rings. The predicted octanol–water partition coefficient (Wildman–Crippen LogP) is 5.17. The lowest BCUT2D eigenvalue weighted by molar-refractivity contribution is 0.307. The van der Waals surface area contributed by atoms with Gasteiger partial charge in [0, 0.05) is 15.4 Å². The van der Waals surface area contributed by atoms with Crippen LogP contribution in [0.4, 0.5) is 0 Å². The summed E-state index contributed by atoms with van der Waals surface area (Å²) in [5, 5.41) is 2.95. The van der Waals surface area contributed by atoms with E-state index in [2.05, 4.69) is 33.0 Å². The van der Waals surface area contributed by atoms with E-state index in [1.807, 2.05) is 48.7 Å². The average molecular weight is 389 g/mol.